The zero-order valence-corrected chi connectivity index (χ0v) is 20.4. The summed E-state index contributed by atoms with van der Waals surface area (Å²) in [6.07, 6.45) is 0. The van der Waals surface area contributed by atoms with Crippen LogP contribution in [0.2, 0.25) is 5.02 Å². The van der Waals surface area contributed by atoms with Gasteiger partial charge in [-0.25, -0.2) is 9.97 Å². The van der Waals surface area contributed by atoms with Gasteiger partial charge in [-0.05, 0) is 24.3 Å². The minimum absolute atomic E-state index is 0.188. The summed E-state index contributed by atoms with van der Waals surface area (Å²) in [6.45, 7) is 4.06. The Labute approximate surface area is 204 Å². The number of hydrogen-bond acceptors (Lipinski definition) is 7. The van der Waals surface area contributed by atoms with E-state index in [2.05, 4.69) is 21.3 Å². The molecule has 0 saturated carbocycles. The topological polar surface area (TPSA) is 49.3 Å². The summed E-state index contributed by atoms with van der Waals surface area (Å²) in [5.41, 5.74) is 3.17. The first-order valence-electron chi connectivity index (χ1n) is 10.3. The van der Waals surface area contributed by atoms with E-state index >= 15 is 0 Å². The van der Waals surface area contributed by atoms with Crippen LogP contribution in [0.4, 0.5) is 0 Å². The number of benzene rings is 2. The number of nitrogens with zero attached hydrogens (tertiary/aromatic N) is 4. The summed E-state index contributed by atoms with van der Waals surface area (Å²) < 4.78 is 2.12. The third kappa shape index (κ3) is 5.15. The Bertz CT molecular complexity index is 1180. The number of rotatable bonds is 6. The van der Waals surface area contributed by atoms with Gasteiger partial charge in [-0.1, -0.05) is 47.6 Å². The maximum absolute atomic E-state index is 12.7. The number of thioether (sulfide) groups is 1. The molecule has 9 heteroatoms. The fourth-order valence-corrected chi connectivity index (χ4v) is 6.53. The van der Waals surface area contributed by atoms with Crippen molar-refractivity contribution in [2.75, 3.05) is 31.9 Å². The number of piperazine rings is 1. The van der Waals surface area contributed by atoms with Crippen LogP contribution >= 0.6 is 46.0 Å². The van der Waals surface area contributed by atoms with E-state index < -0.39 is 0 Å². The van der Waals surface area contributed by atoms with Gasteiger partial charge in [0.15, 0.2) is 4.34 Å². The van der Waals surface area contributed by atoms with Gasteiger partial charge in [-0.15, -0.1) is 22.7 Å². The lowest BCUT2D eigenvalue weighted by atomic mass is 10.2. The van der Waals surface area contributed by atoms with Crippen molar-refractivity contribution in [2.24, 2.45) is 0 Å². The van der Waals surface area contributed by atoms with Gasteiger partial charge < -0.3 is 4.90 Å². The normalized spacial score (nSPS) is 14.8. The molecule has 4 aromatic rings. The molecule has 1 saturated heterocycles. The van der Waals surface area contributed by atoms with Crippen LogP contribution in [-0.4, -0.2) is 57.6 Å². The second kappa shape index (κ2) is 9.89. The lowest BCUT2D eigenvalue weighted by Gasteiger charge is -2.34. The Morgan fingerprint density at radius 1 is 1.03 bits per heavy atom. The molecule has 5 nitrogen and oxygen atoms in total. The Morgan fingerprint density at radius 2 is 1.81 bits per heavy atom. The second-order valence-electron chi connectivity index (χ2n) is 7.54. The van der Waals surface area contributed by atoms with Crippen LogP contribution in [-0.2, 0) is 11.3 Å². The van der Waals surface area contributed by atoms with Gasteiger partial charge in [-0.3, -0.25) is 9.69 Å². The van der Waals surface area contributed by atoms with Crippen LogP contribution in [0.25, 0.3) is 20.8 Å². The molecule has 2 aromatic carbocycles. The van der Waals surface area contributed by atoms with E-state index in [1.165, 1.54) is 11.8 Å². The van der Waals surface area contributed by atoms with Crippen molar-refractivity contribution >= 4 is 62.2 Å². The third-order valence-corrected chi connectivity index (χ3v) is 8.70. The van der Waals surface area contributed by atoms with Crippen molar-refractivity contribution in [2.45, 2.75) is 10.9 Å². The summed E-state index contributed by atoms with van der Waals surface area (Å²) in [7, 11) is 0. The molecule has 0 unspecified atom stereocenters. The average Bonchev–Trinajstić information content (AvgIpc) is 3.45. The molecule has 5 rings (SSSR count). The molecular formula is C23H21ClN4OS3. The van der Waals surface area contributed by atoms with E-state index in [0.29, 0.717) is 5.75 Å². The third-order valence-electron chi connectivity index (χ3n) is 5.35. The number of fused-ring (bicyclic) bond motifs is 1. The summed E-state index contributed by atoms with van der Waals surface area (Å²) in [5, 5.41) is 3.87. The highest BCUT2D eigenvalue weighted by Crippen LogP contribution is 2.29. The number of hydrogen-bond donors (Lipinski definition) is 0. The number of halogens is 1. The Morgan fingerprint density at radius 3 is 2.59 bits per heavy atom. The Balaban J connectivity index is 1.10. The second-order valence-corrected chi connectivity index (χ2v) is 11.1. The highest BCUT2D eigenvalue weighted by molar-refractivity contribution is 8.01. The van der Waals surface area contributed by atoms with Gasteiger partial charge in [0.2, 0.25) is 5.91 Å². The lowest BCUT2D eigenvalue weighted by Crippen LogP contribution is -2.48. The van der Waals surface area contributed by atoms with Crippen LogP contribution in [0.5, 0.6) is 0 Å². The molecule has 0 radical (unpaired) electrons. The molecule has 0 bridgehead atoms. The van der Waals surface area contributed by atoms with Gasteiger partial charge in [-0.2, -0.15) is 0 Å². The van der Waals surface area contributed by atoms with Crippen molar-refractivity contribution in [3.8, 4) is 10.6 Å². The highest BCUT2D eigenvalue weighted by Gasteiger charge is 2.22. The predicted octanol–water partition coefficient (Wildman–Crippen LogP) is 5.51. The van der Waals surface area contributed by atoms with E-state index in [0.717, 1.165) is 68.6 Å². The predicted molar refractivity (Wildman–Crippen MR) is 135 cm³/mol. The van der Waals surface area contributed by atoms with E-state index in [1.54, 1.807) is 22.7 Å². The van der Waals surface area contributed by atoms with Crippen LogP contribution in [0.15, 0.2) is 58.3 Å². The summed E-state index contributed by atoms with van der Waals surface area (Å²) in [5.74, 6) is 0.628. The minimum Gasteiger partial charge on any atom is -0.339 e. The van der Waals surface area contributed by atoms with E-state index in [9.17, 15) is 4.79 Å². The van der Waals surface area contributed by atoms with Crippen molar-refractivity contribution < 1.29 is 4.79 Å². The highest BCUT2D eigenvalue weighted by atomic mass is 35.5. The van der Waals surface area contributed by atoms with E-state index in [-0.39, 0.29) is 5.91 Å². The Hall–Kier alpha value is -1.97. The quantitative estimate of drug-likeness (QED) is 0.327. The SMILES string of the molecule is O=C(CSc1nc2ccccc2s1)N1CCN(Cc2csc(-c3ccc(Cl)cc3)n2)CC1. The van der Waals surface area contributed by atoms with Crippen LogP contribution in [0.1, 0.15) is 5.69 Å². The van der Waals surface area contributed by atoms with Gasteiger partial charge in [0.1, 0.15) is 5.01 Å². The maximum Gasteiger partial charge on any atom is 0.233 e. The van der Waals surface area contributed by atoms with Gasteiger partial charge >= 0.3 is 0 Å². The molecule has 1 aliphatic heterocycles. The summed E-state index contributed by atoms with van der Waals surface area (Å²) in [6, 6.07) is 15.9. The number of thiazole rings is 2. The molecule has 1 amide bonds. The molecule has 3 heterocycles. The fraction of sp³-hybridized carbons (Fsp3) is 0.261. The molecule has 0 spiro atoms. The molecule has 0 N–H and O–H groups in total. The standard InChI is InChI=1S/C23H21ClN4OS3/c24-17-7-5-16(6-8-17)22-25-18(14-30-22)13-27-9-11-28(12-10-27)21(29)15-31-23-26-19-3-1-2-4-20(19)32-23/h1-8,14H,9-13,15H2. The molecule has 32 heavy (non-hydrogen) atoms. The molecular weight excluding hydrogens is 480 g/mol. The van der Waals surface area contributed by atoms with Crippen molar-refractivity contribution in [3.05, 3.63) is 64.6 Å². The van der Waals surface area contributed by atoms with Gasteiger partial charge in [0.05, 0.1) is 21.7 Å². The number of carbonyl (C=O) groups excluding carboxylic acids is 1. The van der Waals surface area contributed by atoms with Gasteiger partial charge in [0, 0.05) is 48.7 Å². The zero-order chi connectivity index (χ0) is 21.9. The monoisotopic (exact) mass is 500 g/mol. The Kier molecular flexibility index (Phi) is 6.75. The zero-order valence-electron chi connectivity index (χ0n) is 17.2. The molecule has 1 fully saturated rings. The minimum atomic E-state index is 0.188. The number of amides is 1. The van der Waals surface area contributed by atoms with Crippen molar-refractivity contribution in [3.63, 3.8) is 0 Å². The summed E-state index contributed by atoms with van der Waals surface area (Å²) in [4.78, 5) is 26.4. The van der Waals surface area contributed by atoms with E-state index in [4.69, 9.17) is 16.6 Å². The first kappa shape index (κ1) is 21.9. The maximum atomic E-state index is 12.7. The molecule has 2 aromatic heterocycles. The molecule has 1 aliphatic rings. The summed E-state index contributed by atoms with van der Waals surface area (Å²) >= 11 is 10.8. The number of aromatic nitrogens is 2. The van der Waals surface area contributed by atoms with Crippen LogP contribution in [0.3, 0.4) is 0 Å². The number of para-hydroxylation sites is 1. The number of carbonyl (C=O) groups is 1. The van der Waals surface area contributed by atoms with E-state index in [1.807, 2.05) is 47.4 Å². The fourth-order valence-electron chi connectivity index (χ4n) is 3.62. The lowest BCUT2D eigenvalue weighted by molar-refractivity contribution is -0.130. The first-order valence-corrected chi connectivity index (χ1v) is 13.4. The van der Waals surface area contributed by atoms with Gasteiger partial charge in [0.25, 0.3) is 0 Å². The van der Waals surface area contributed by atoms with Crippen LogP contribution < -0.4 is 0 Å². The first-order chi connectivity index (χ1) is 15.6. The smallest absolute Gasteiger partial charge is 0.233 e. The largest absolute Gasteiger partial charge is 0.339 e. The van der Waals surface area contributed by atoms with Crippen molar-refractivity contribution in [1.29, 1.82) is 0 Å². The molecule has 0 aliphatic carbocycles. The molecule has 164 valence electrons. The van der Waals surface area contributed by atoms with Crippen molar-refractivity contribution in [1.82, 2.24) is 19.8 Å². The average molecular weight is 501 g/mol. The van der Waals surface area contributed by atoms with Crippen LogP contribution in [0, 0.1) is 0 Å². The molecule has 0 atom stereocenters.